The summed E-state index contributed by atoms with van der Waals surface area (Å²) in [5.41, 5.74) is 10.1. The molecule has 3 atom stereocenters. The molecule has 0 saturated carbocycles. The van der Waals surface area contributed by atoms with Crippen LogP contribution in [0.3, 0.4) is 0 Å². The zero-order valence-electron chi connectivity index (χ0n) is 18.3. The van der Waals surface area contributed by atoms with Crippen LogP contribution in [0.2, 0.25) is 0 Å². The topological polar surface area (TPSA) is 47.1 Å². The minimum absolute atomic E-state index is 0.0503. The summed E-state index contributed by atoms with van der Waals surface area (Å²) >= 11 is 0. The van der Waals surface area contributed by atoms with Crippen LogP contribution in [0.5, 0.6) is 0 Å². The molecule has 2 aromatic carbocycles. The third-order valence-electron chi connectivity index (χ3n) is 7.84. The standard InChI is InChI=1S/C26H34N4/c1-19-28-24-10-6-7-11-25(24)30(19)23-16-21-12-13-22(17-23)29(21)15-14-26(2,18-27)20-8-4-3-5-9-20/h3-11,21-23H,12-18,27H2,1-2H3. The minimum Gasteiger partial charge on any atom is -0.330 e. The van der Waals surface area contributed by atoms with Crippen molar-refractivity contribution in [2.24, 2.45) is 5.73 Å². The number of fused-ring (bicyclic) bond motifs is 3. The van der Waals surface area contributed by atoms with E-state index in [0.717, 1.165) is 24.3 Å². The summed E-state index contributed by atoms with van der Waals surface area (Å²) in [6.45, 7) is 6.34. The normalized spacial score (nSPS) is 26.2. The summed E-state index contributed by atoms with van der Waals surface area (Å²) in [5.74, 6) is 1.16. The van der Waals surface area contributed by atoms with Crippen LogP contribution in [0.25, 0.3) is 11.0 Å². The molecule has 0 spiro atoms. The van der Waals surface area contributed by atoms with Crippen LogP contribution >= 0.6 is 0 Å². The minimum atomic E-state index is 0.0503. The molecule has 2 aliphatic rings. The average molecular weight is 403 g/mol. The second-order valence-corrected chi connectivity index (χ2v) is 9.65. The van der Waals surface area contributed by atoms with Crippen molar-refractivity contribution < 1.29 is 0 Å². The molecule has 2 bridgehead atoms. The maximum absolute atomic E-state index is 6.27. The number of aromatic nitrogens is 2. The molecule has 158 valence electrons. The first-order valence-electron chi connectivity index (χ1n) is 11.5. The van der Waals surface area contributed by atoms with Gasteiger partial charge in [0.05, 0.1) is 11.0 Å². The number of imidazole rings is 1. The van der Waals surface area contributed by atoms with E-state index in [2.05, 4.69) is 77.9 Å². The molecule has 0 aliphatic carbocycles. The van der Waals surface area contributed by atoms with Crippen molar-refractivity contribution in [3.05, 3.63) is 66.0 Å². The highest BCUT2D eigenvalue weighted by molar-refractivity contribution is 5.76. The van der Waals surface area contributed by atoms with E-state index >= 15 is 0 Å². The second-order valence-electron chi connectivity index (χ2n) is 9.65. The van der Waals surface area contributed by atoms with Crippen molar-refractivity contribution in [3.8, 4) is 0 Å². The van der Waals surface area contributed by atoms with E-state index < -0.39 is 0 Å². The number of hydrogen-bond acceptors (Lipinski definition) is 3. The average Bonchev–Trinajstić information content (AvgIpc) is 3.23. The van der Waals surface area contributed by atoms with Gasteiger partial charge in [0.25, 0.3) is 0 Å². The molecule has 2 aliphatic heterocycles. The lowest BCUT2D eigenvalue weighted by Gasteiger charge is -2.41. The van der Waals surface area contributed by atoms with Crippen molar-refractivity contribution in [2.75, 3.05) is 13.1 Å². The molecule has 4 heteroatoms. The maximum Gasteiger partial charge on any atom is 0.106 e. The number of nitrogens with zero attached hydrogens (tertiary/aromatic N) is 3. The fraction of sp³-hybridized carbons (Fsp3) is 0.500. The fourth-order valence-corrected chi connectivity index (χ4v) is 6.03. The summed E-state index contributed by atoms with van der Waals surface area (Å²) < 4.78 is 2.52. The van der Waals surface area contributed by atoms with Crippen molar-refractivity contribution in [1.82, 2.24) is 14.5 Å². The Balaban J connectivity index is 1.32. The van der Waals surface area contributed by atoms with Gasteiger partial charge in [-0.05, 0) is 63.3 Å². The molecule has 2 fully saturated rings. The third kappa shape index (κ3) is 3.36. The summed E-state index contributed by atoms with van der Waals surface area (Å²) in [6, 6.07) is 21.4. The second kappa shape index (κ2) is 7.82. The van der Waals surface area contributed by atoms with Gasteiger partial charge in [0.2, 0.25) is 0 Å². The Kier molecular flexibility index (Phi) is 5.16. The summed E-state index contributed by atoms with van der Waals surface area (Å²) in [6.07, 6.45) is 6.26. The zero-order valence-corrected chi connectivity index (χ0v) is 18.3. The van der Waals surface area contributed by atoms with Gasteiger partial charge in [-0.1, -0.05) is 49.4 Å². The molecule has 3 unspecified atom stereocenters. The molecule has 2 N–H and O–H groups in total. The fourth-order valence-electron chi connectivity index (χ4n) is 6.03. The Morgan fingerprint density at radius 1 is 0.967 bits per heavy atom. The monoisotopic (exact) mass is 402 g/mol. The number of aryl methyl sites for hydroxylation is 1. The van der Waals surface area contributed by atoms with Crippen molar-refractivity contribution in [3.63, 3.8) is 0 Å². The first-order chi connectivity index (χ1) is 14.6. The Hall–Kier alpha value is -2.17. The number of benzene rings is 2. The first kappa shape index (κ1) is 19.8. The van der Waals surface area contributed by atoms with Crippen LogP contribution in [0.4, 0.5) is 0 Å². The highest BCUT2D eigenvalue weighted by Crippen LogP contribution is 2.43. The van der Waals surface area contributed by atoms with Gasteiger partial charge >= 0.3 is 0 Å². The van der Waals surface area contributed by atoms with Crippen LogP contribution < -0.4 is 5.73 Å². The van der Waals surface area contributed by atoms with Gasteiger partial charge in [-0.3, -0.25) is 4.90 Å². The number of piperidine rings is 1. The number of hydrogen-bond donors (Lipinski definition) is 1. The van der Waals surface area contributed by atoms with E-state index in [4.69, 9.17) is 10.7 Å². The van der Waals surface area contributed by atoms with Crippen LogP contribution in [-0.2, 0) is 5.41 Å². The van der Waals surface area contributed by atoms with Gasteiger partial charge in [-0.25, -0.2) is 4.98 Å². The van der Waals surface area contributed by atoms with E-state index in [0.29, 0.717) is 24.7 Å². The predicted octanol–water partition coefficient (Wildman–Crippen LogP) is 4.82. The molecule has 0 radical (unpaired) electrons. The van der Waals surface area contributed by atoms with E-state index in [1.165, 1.54) is 36.8 Å². The smallest absolute Gasteiger partial charge is 0.106 e. The Labute approximate surface area is 180 Å². The molecule has 3 heterocycles. The molecule has 4 nitrogen and oxygen atoms in total. The summed E-state index contributed by atoms with van der Waals surface area (Å²) in [7, 11) is 0. The van der Waals surface area contributed by atoms with Gasteiger partial charge in [0.1, 0.15) is 5.82 Å². The summed E-state index contributed by atoms with van der Waals surface area (Å²) in [5, 5.41) is 0. The number of rotatable bonds is 6. The third-order valence-corrected chi connectivity index (χ3v) is 7.84. The quantitative estimate of drug-likeness (QED) is 0.643. The molecule has 2 saturated heterocycles. The highest BCUT2D eigenvalue weighted by Gasteiger charge is 2.42. The Bertz CT molecular complexity index is 996. The molecular formula is C26H34N4. The van der Waals surface area contributed by atoms with Crippen LogP contribution in [-0.4, -0.2) is 39.6 Å². The zero-order chi connectivity index (χ0) is 20.7. The maximum atomic E-state index is 6.27. The molecule has 1 aromatic heterocycles. The van der Waals surface area contributed by atoms with Gasteiger partial charge in [-0.15, -0.1) is 0 Å². The summed E-state index contributed by atoms with van der Waals surface area (Å²) in [4.78, 5) is 7.63. The number of para-hydroxylation sites is 2. The van der Waals surface area contributed by atoms with Crippen molar-refractivity contribution >= 4 is 11.0 Å². The van der Waals surface area contributed by atoms with Crippen molar-refractivity contribution in [1.29, 1.82) is 0 Å². The lowest BCUT2D eigenvalue weighted by molar-refractivity contribution is 0.0987. The molecule has 30 heavy (non-hydrogen) atoms. The van der Waals surface area contributed by atoms with Gasteiger partial charge in [0.15, 0.2) is 0 Å². The van der Waals surface area contributed by atoms with E-state index in [-0.39, 0.29) is 5.41 Å². The Morgan fingerprint density at radius 2 is 1.63 bits per heavy atom. The molecular weight excluding hydrogens is 368 g/mol. The SMILES string of the molecule is Cc1nc2ccccc2n1C1CC2CCC(C1)N2CCC(C)(CN)c1ccccc1. The van der Waals surface area contributed by atoms with Crippen LogP contribution in [0.15, 0.2) is 54.6 Å². The lowest BCUT2D eigenvalue weighted by atomic mass is 9.79. The Morgan fingerprint density at radius 3 is 2.33 bits per heavy atom. The first-order valence-corrected chi connectivity index (χ1v) is 11.5. The van der Waals surface area contributed by atoms with Gasteiger partial charge in [0, 0.05) is 30.1 Å². The van der Waals surface area contributed by atoms with Crippen molar-refractivity contribution in [2.45, 2.75) is 69.5 Å². The van der Waals surface area contributed by atoms with Gasteiger partial charge < -0.3 is 10.3 Å². The van der Waals surface area contributed by atoms with Crippen LogP contribution in [0, 0.1) is 6.92 Å². The molecule has 0 amide bonds. The molecule has 3 aromatic rings. The van der Waals surface area contributed by atoms with Crippen LogP contribution in [0.1, 0.15) is 56.5 Å². The predicted molar refractivity (Wildman–Crippen MR) is 124 cm³/mol. The van der Waals surface area contributed by atoms with E-state index in [9.17, 15) is 0 Å². The van der Waals surface area contributed by atoms with E-state index in [1.807, 2.05) is 0 Å². The molecule has 5 rings (SSSR count). The number of nitrogens with two attached hydrogens (primary N) is 1. The largest absolute Gasteiger partial charge is 0.330 e. The highest BCUT2D eigenvalue weighted by atomic mass is 15.2. The van der Waals surface area contributed by atoms with E-state index in [1.54, 1.807) is 0 Å². The lowest BCUT2D eigenvalue weighted by Crippen LogP contribution is -2.46. The van der Waals surface area contributed by atoms with Gasteiger partial charge in [-0.2, -0.15) is 0 Å².